The second kappa shape index (κ2) is 6.66. The lowest BCUT2D eigenvalue weighted by Crippen LogP contribution is -2.02. The molecule has 2 aromatic carbocycles. The third kappa shape index (κ3) is 2.93. The molecule has 0 saturated carbocycles. The Morgan fingerprint density at radius 2 is 1.62 bits per heavy atom. The molecule has 3 aromatic rings. The fourth-order valence-corrected chi connectivity index (χ4v) is 2.54. The number of methoxy groups -OCH3 is 2. The zero-order valence-electron chi connectivity index (χ0n) is 13.8. The molecule has 3 rings (SSSR count). The highest BCUT2D eigenvalue weighted by atomic mass is 16.5. The van der Waals surface area contributed by atoms with Crippen LogP contribution < -0.4 is 19.8 Å². The van der Waals surface area contributed by atoms with Crippen molar-refractivity contribution < 1.29 is 18.6 Å². The Kier molecular flexibility index (Phi) is 4.42. The monoisotopic (exact) mass is 326 g/mol. The van der Waals surface area contributed by atoms with Crippen molar-refractivity contribution in [1.82, 2.24) is 0 Å². The van der Waals surface area contributed by atoms with Gasteiger partial charge in [0.05, 0.1) is 26.2 Å². The van der Waals surface area contributed by atoms with Crippen LogP contribution in [0.25, 0.3) is 22.1 Å². The first-order chi connectivity index (χ1) is 11.7. The Labute approximate surface area is 139 Å². The quantitative estimate of drug-likeness (QED) is 0.712. The normalized spacial score (nSPS) is 10.6. The fourth-order valence-electron chi connectivity index (χ4n) is 2.54. The molecule has 0 fully saturated rings. The summed E-state index contributed by atoms with van der Waals surface area (Å²) in [4.78, 5) is 12.3. The molecular formula is C19H18O5. The maximum Gasteiger partial charge on any atom is 0.344 e. The van der Waals surface area contributed by atoms with E-state index in [2.05, 4.69) is 0 Å². The molecule has 0 aliphatic rings. The molecule has 1 heterocycles. The van der Waals surface area contributed by atoms with E-state index < -0.39 is 5.63 Å². The number of benzene rings is 2. The van der Waals surface area contributed by atoms with Gasteiger partial charge in [0, 0.05) is 5.56 Å². The second-order valence-corrected chi connectivity index (χ2v) is 5.15. The molecule has 0 atom stereocenters. The molecule has 1 aromatic heterocycles. The number of hydrogen-bond donors (Lipinski definition) is 0. The summed E-state index contributed by atoms with van der Waals surface area (Å²) in [7, 11) is 3.09. The van der Waals surface area contributed by atoms with Gasteiger partial charge in [-0.3, -0.25) is 0 Å². The third-order valence-electron chi connectivity index (χ3n) is 3.71. The van der Waals surface area contributed by atoms with E-state index in [1.807, 2.05) is 37.3 Å². The van der Waals surface area contributed by atoms with Gasteiger partial charge in [0.15, 0.2) is 11.5 Å². The van der Waals surface area contributed by atoms with Crippen molar-refractivity contribution in [2.24, 2.45) is 0 Å². The maximum atomic E-state index is 12.3. The van der Waals surface area contributed by atoms with Crippen molar-refractivity contribution in [1.29, 1.82) is 0 Å². The minimum absolute atomic E-state index is 0.419. The Bertz CT molecular complexity index is 909. The van der Waals surface area contributed by atoms with Crippen LogP contribution >= 0.6 is 0 Å². The van der Waals surface area contributed by atoms with Crippen molar-refractivity contribution in [2.45, 2.75) is 6.92 Å². The lowest BCUT2D eigenvalue weighted by molar-refractivity contribution is 0.340. The molecule has 0 N–H and O–H groups in total. The molecule has 24 heavy (non-hydrogen) atoms. The number of ether oxygens (including phenoxy) is 3. The first-order valence-electron chi connectivity index (χ1n) is 7.59. The first-order valence-corrected chi connectivity index (χ1v) is 7.59. The van der Waals surface area contributed by atoms with Gasteiger partial charge in [-0.25, -0.2) is 4.79 Å². The minimum atomic E-state index is -0.419. The molecule has 0 spiro atoms. The van der Waals surface area contributed by atoms with E-state index in [4.69, 9.17) is 18.6 Å². The summed E-state index contributed by atoms with van der Waals surface area (Å²) in [6.07, 6.45) is 0. The topological polar surface area (TPSA) is 57.9 Å². The molecule has 0 unspecified atom stereocenters. The van der Waals surface area contributed by atoms with Crippen LogP contribution in [-0.2, 0) is 0 Å². The van der Waals surface area contributed by atoms with E-state index in [-0.39, 0.29) is 0 Å². The van der Waals surface area contributed by atoms with Gasteiger partial charge in [0.25, 0.3) is 0 Å². The Morgan fingerprint density at radius 3 is 2.25 bits per heavy atom. The number of hydrogen-bond acceptors (Lipinski definition) is 5. The van der Waals surface area contributed by atoms with E-state index in [0.717, 1.165) is 16.7 Å². The summed E-state index contributed by atoms with van der Waals surface area (Å²) in [6, 6.07) is 12.6. The summed E-state index contributed by atoms with van der Waals surface area (Å²) >= 11 is 0. The van der Waals surface area contributed by atoms with Crippen molar-refractivity contribution in [3.05, 3.63) is 52.9 Å². The molecule has 0 aliphatic heterocycles. The highest BCUT2D eigenvalue weighted by Gasteiger charge is 2.12. The van der Waals surface area contributed by atoms with Crippen LogP contribution in [0, 0.1) is 0 Å². The zero-order chi connectivity index (χ0) is 17.1. The predicted octanol–water partition coefficient (Wildman–Crippen LogP) is 3.88. The smallest absolute Gasteiger partial charge is 0.344 e. The van der Waals surface area contributed by atoms with Gasteiger partial charge in [-0.2, -0.15) is 0 Å². The van der Waals surface area contributed by atoms with Crippen LogP contribution in [0.4, 0.5) is 0 Å². The van der Waals surface area contributed by atoms with Crippen LogP contribution in [-0.4, -0.2) is 20.8 Å². The second-order valence-electron chi connectivity index (χ2n) is 5.15. The van der Waals surface area contributed by atoms with Crippen LogP contribution in [0.1, 0.15) is 6.92 Å². The molecule has 0 aliphatic carbocycles. The van der Waals surface area contributed by atoms with Crippen molar-refractivity contribution in [2.75, 3.05) is 20.8 Å². The van der Waals surface area contributed by atoms with Gasteiger partial charge >= 0.3 is 5.63 Å². The highest BCUT2D eigenvalue weighted by Crippen LogP contribution is 2.32. The number of fused-ring (bicyclic) bond motifs is 1. The van der Waals surface area contributed by atoms with Crippen molar-refractivity contribution in [3.63, 3.8) is 0 Å². The molecular weight excluding hydrogens is 308 g/mol. The van der Waals surface area contributed by atoms with E-state index in [0.29, 0.717) is 29.3 Å². The van der Waals surface area contributed by atoms with E-state index >= 15 is 0 Å². The standard InChI is InChI=1S/C19H18O5/c1-4-23-14-7-5-12(6-8-14)16-9-13-10-17(21-2)18(22-3)11-15(13)19(20)24-16/h5-11H,4H2,1-3H3. The minimum Gasteiger partial charge on any atom is -0.494 e. The Morgan fingerprint density at radius 1 is 0.958 bits per heavy atom. The first kappa shape index (κ1) is 15.9. The highest BCUT2D eigenvalue weighted by molar-refractivity contribution is 5.87. The van der Waals surface area contributed by atoms with Crippen molar-refractivity contribution >= 4 is 10.8 Å². The van der Waals surface area contributed by atoms with Crippen LogP contribution in [0.2, 0.25) is 0 Å². The molecule has 124 valence electrons. The van der Waals surface area contributed by atoms with Gasteiger partial charge < -0.3 is 18.6 Å². The molecule has 0 bridgehead atoms. The molecule has 5 heteroatoms. The summed E-state index contributed by atoms with van der Waals surface area (Å²) in [5.74, 6) is 2.32. The number of rotatable bonds is 5. The zero-order valence-corrected chi connectivity index (χ0v) is 13.8. The van der Waals surface area contributed by atoms with E-state index in [9.17, 15) is 4.79 Å². The van der Waals surface area contributed by atoms with Crippen LogP contribution in [0.15, 0.2) is 51.7 Å². The third-order valence-corrected chi connectivity index (χ3v) is 3.71. The predicted molar refractivity (Wildman–Crippen MR) is 92.2 cm³/mol. The van der Waals surface area contributed by atoms with Gasteiger partial charge in [-0.05, 0) is 54.8 Å². The Balaban J connectivity index is 2.11. The van der Waals surface area contributed by atoms with Gasteiger partial charge in [-0.15, -0.1) is 0 Å². The lowest BCUT2D eigenvalue weighted by Gasteiger charge is -2.09. The van der Waals surface area contributed by atoms with Crippen LogP contribution in [0.3, 0.4) is 0 Å². The Hall–Kier alpha value is -2.95. The average molecular weight is 326 g/mol. The van der Waals surface area contributed by atoms with Gasteiger partial charge in [0.1, 0.15) is 11.5 Å². The van der Waals surface area contributed by atoms with Gasteiger partial charge in [-0.1, -0.05) is 0 Å². The molecule has 0 radical (unpaired) electrons. The molecule has 5 nitrogen and oxygen atoms in total. The summed E-state index contributed by atoms with van der Waals surface area (Å²) in [5, 5.41) is 1.18. The van der Waals surface area contributed by atoms with Gasteiger partial charge in [0.2, 0.25) is 0 Å². The van der Waals surface area contributed by atoms with E-state index in [1.165, 1.54) is 7.11 Å². The maximum absolute atomic E-state index is 12.3. The van der Waals surface area contributed by atoms with Crippen LogP contribution in [0.5, 0.6) is 17.2 Å². The average Bonchev–Trinajstić information content (AvgIpc) is 2.61. The largest absolute Gasteiger partial charge is 0.494 e. The SMILES string of the molecule is CCOc1ccc(-c2cc3cc(OC)c(OC)cc3c(=O)o2)cc1. The summed E-state index contributed by atoms with van der Waals surface area (Å²) < 4.78 is 21.4. The summed E-state index contributed by atoms with van der Waals surface area (Å²) in [6.45, 7) is 2.53. The summed E-state index contributed by atoms with van der Waals surface area (Å²) in [5.41, 5.74) is 0.379. The molecule has 0 saturated heterocycles. The fraction of sp³-hybridized carbons (Fsp3) is 0.211. The lowest BCUT2D eigenvalue weighted by atomic mass is 10.1. The van der Waals surface area contributed by atoms with Crippen molar-refractivity contribution in [3.8, 4) is 28.6 Å². The van der Waals surface area contributed by atoms with E-state index in [1.54, 1.807) is 19.2 Å². The molecule has 0 amide bonds.